The van der Waals surface area contributed by atoms with E-state index in [9.17, 15) is 9.00 Å². The van der Waals surface area contributed by atoms with Gasteiger partial charge in [-0.2, -0.15) is 5.10 Å². The van der Waals surface area contributed by atoms with Crippen LogP contribution in [0.15, 0.2) is 65.7 Å². The molecule has 0 saturated heterocycles. The van der Waals surface area contributed by atoms with Crippen molar-refractivity contribution in [1.29, 1.82) is 0 Å². The quantitative estimate of drug-likeness (QED) is 0.774. The first kappa shape index (κ1) is 15.2. The molecule has 0 aliphatic rings. The highest BCUT2D eigenvalue weighted by atomic mass is 32.2. The summed E-state index contributed by atoms with van der Waals surface area (Å²) in [6, 6.07) is 16.5. The van der Waals surface area contributed by atoms with Gasteiger partial charge in [0.2, 0.25) is 0 Å². The van der Waals surface area contributed by atoms with Crippen molar-refractivity contribution in [1.82, 2.24) is 10.2 Å². The van der Waals surface area contributed by atoms with E-state index in [1.165, 1.54) is 6.20 Å². The summed E-state index contributed by atoms with van der Waals surface area (Å²) in [5.41, 5.74) is 2.61. The number of rotatable bonds is 4. The Kier molecular flexibility index (Phi) is 4.34. The monoisotopic (exact) mass is 325 g/mol. The molecule has 0 saturated carbocycles. The zero-order valence-electron chi connectivity index (χ0n) is 12.4. The van der Waals surface area contributed by atoms with Crippen LogP contribution in [0.3, 0.4) is 0 Å². The fraction of sp³-hybridized carbons (Fsp3) is 0.0588. The van der Waals surface area contributed by atoms with Crippen molar-refractivity contribution in [2.24, 2.45) is 0 Å². The second kappa shape index (κ2) is 6.58. The van der Waals surface area contributed by atoms with E-state index < -0.39 is 10.8 Å². The lowest BCUT2D eigenvalue weighted by Gasteiger charge is -2.07. The van der Waals surface area contributed by atoms with Gasteiger partial charge in [0.15, 0.2) is 0 Å². The molecule has 1 amide bonds. The summed E-state index contributed by atoms with van der Waals surface area (Å²) < 4.78 is 11.5. The lowest BCUT2D eigenvalue weighted by atomic mass is 10.1. The standard InChI is InChI=1S/C17H15N3O2S/c1-23(22)14-9-5-8-13(10-14)19-17(21)15-11-18-20-16(15)12-6-3-2-4-7-12/h2-11H,1H3,(H,18,20)(H,19,21)/t23-/m0/s1. The number of nitrogens with zero attached hydrogens (tertiary/aromatic N) is 1. The van der Waals surface area contributed by atoms with Crippen LogP contribution in [-0.2, 0) is 10.8 Å². The number of carbonyl (C=O) groups is 1. The fourth-order valence-electron chi connectivity index (χ4n) is 2.23. The topological polar surface area (TPSA) is 74.8 Å². The van der Waals surface area contributed by atoms with Crippen molar-refractivity contribution < 1.29 is 9.00 Å². The summed E-state index contributed by atoms with van der Waals surface area (Å²) >= 11 is 0. The second-order valence-corrected chi connectivity index (χ2v) is 6.34. The number of aromatic nitrogens is 2. The maximum Gasteiger partial charge on any atom is 0.259 e. The number of benzene rings is 2. The molecule has 2 aromatic carbocycles. The molecule has 1 atom stereocenters. The molecule has 0 unspecified atom stereocenters. The highest BCUT2D eigenvalue weighted by Crippen LogP contribution is 2.22. The molecule has 1 aromatic heterocycles. The molecule has 116 valence electrons. The maximum absolute atomic E-state index is 12.5. The zero-order valence-corrected chi connectivity index (χ0v) is 13.3. The molecule has 0 radical (unpaired) electrons. The summed E-state index contributed by atoms with van der Waals surface area (Å²) in [5, 5.41) is 9.65. The minimum Gasteiger partial charge on any atom is -0.322 e. The Morgan fingerprint density at radius 2 is 1.91 bits per heavy atom. The van der Waals surface area contributed by atoms with E-state index in [0.29, 0.717) is 21.8 Å². The Bertz CT molecular complexity index is 859. The van der Waals surface area contributed by atoms with E-state index in [1.807, 2.05) is 30.3 Å². The first-order valence-electron chi connectivity index (χ1n) is 6.99. The van der Waals surface area contributed by atoms with Gasteiger partial charge in [-0.05, 0) is 18.2 Å². The molecule has 0 aliphatic heterocycles. The van der Waals surface area contributed by atoms with Crippen molar-refractivity contribution in [2.45, 2.75) is 4.90 Å². The van der Waals surface area contributed by atoms with Crippen LogP contribution < -0.4 is 5.32 Å². The minimum atomic E-state index is -1.09. The van der Waals surface area contributed by atoms with Gasteiger partial charge in [-0.15, -0.1) is 0 Å². The van der Waals surface area contributed by atoms with Crippen molar-refractivity contribution in [2.75, 3.05) is 11.6 Å². The third kappa shape index (κ3) is 3.37. The van der Waals surface area contributed by atoms with Gasteiger partial charge in [0.25, 0.3) is 5.91 Å². The van der Waals surface area contributed by atoms with Gasteiger partial charge in [0.1, 0.15) is 0 Å². The smallest absolute Gasteiger partial charge is 0.259 e. The molecule has 23 heavy (non-hydrogen) atoms. The van der Waals surface area contributed by atoms with Crippen LogP contribution in [0.25, 0.3) is 11.3 Å². The summed E-state index contributed by atoms with van der Waals surface area (Å²) in [6.45, 7) is 0. The normalized spacial score (nSPS) is 11.9. The van der Waals surface area contributed by atoms with Crippen molar-refractivity contribution in [3.05, 3.63) is 66.4 Å². The van der Waals surface area contributed by atoms with Gasteiger partial charge >= 0.3 is 0 Å². The van der Waals surface area contributed by atoms with Crippen LogP contribution in [0, 0.1) is 0 Å². The van der Waals surface area contributed by atoms with Crippen molar-refractivity contribution in [3.8, 4) is 11.3 Å². The van der Waals surface area contributed by atoms with E-state index in [0.717, 1.165) is 5.56 Å². The highest BCUT2D eigenvalue weighted by molar-refractivity contribution is 7.84. The molecule has 2 N–H and O–H groups in total. The Hall–Kier alpha value is -2.73. The van der Waals surface area contributed by atoms with E-state index in [-0.39, 0.29) is 5.91 Å². The van der Waals surface area contributed by atoms with Gasteiger partial charge in [-0.25, -0.2) is 0 Å². The predicted octanol–water partition coefficient (Wildman–Crippen LogP) is 3.07. The SMILES string of the molecule is C[S@](=O)c1cccc(NC(=O)c2cn[nH]c2-c2ccccc2)c1. The van der Waals surface area contributed by atoms with E-state index >= 15 is 0 Å². The molecule has 3 aromatic rings. The molecule has 0 bridgehead atoms. The average Bonchev–Trinajstić information content (AvgIpc) is 3.05. The summed E-state index contributed by atoms with van der Waals surface area (Å²) in [4.78, 5) is 13.2. The molecule has 5 nitrogen and oxygen atoms in total. The predicted molar refractivity (Wildman–Crippen MR) is 90.8 cm³/mol. The molecule has 6 heteroatoms. The molecule has 0 aliphatic carbocycles. The van der Waals surface area contributed by atoms with Crippen LogP contribution in [0.4, 0.5) is 5.69 Å². The Morgan fingerprint density at radius 1 is 1.13 bits per heavy atom. The Morgan fingerprint density at radius 3 is 2.65 bits per heavy atom. The van der Waals surface area contributed by atoms with Gasteiger partial charge in [-0.1, -0.05) is 36.4 Å². The molecule has 3 rings (SSSR count). The molecular weight excluding hydrogens is 310 g/mol. The van der Waals surface area contributed by atoms with Crippen LogP contribution in [0.1, 0.15) is 10.4 Å². The Labute approximate surface area is 136 Å². The number of anilines is 1. The first-order valence-corrected chi connectivity index (χ1v) is 8.54. The summed E-state index contributed by atoms with van der Waals surface area (Å²) in [7, 11) is -1.09. The second-order valence-electron chi connectivity index (χ2n) is 4.96. The third-order valence-electron chi connectivity index (χ3n) is 3.37. The zero-order chi connectivity index (χ0) is 16.2. The third-order valence-corrected chi connectivity index (χ3v) is 4.29. The number of H-pyrrole nitrogens is 1. The van der Waals surface area contributed by atoms with Gasteiger partial charge in [-0.3, -0.25) is 14.1 Å². The molecular formula is C17H15N3O2S. The first-order chi connectivity index (χ1) is 11.1. The lowest BCUT2D eigenvalue weighted by Crippen LogP contribution is -2.12. The summed E-state index contributed by atoms with van der Waals surface area (Å²) in [5.74, 6) is -0.267. The number of nitrogens with one attached hydrogen (secondary N) is 2. The number of hydrogen-bond acceptors (Lipinski definition) is 3. The minimum absolute atomic E-state index is 0.267. The van der Waals surface area contributed by atoms with Gasteiger partial charge in [0, 0.05) is 33.2 Å². The van der Waals surface area contributed by atoms with Gasteiger partial charge < -0.3 is 5.32 Å². The van der Waals surface area contributed by atoms with E-state index in [2.05, 4.69) is 15.5 Å². The molecule has 0 fully saturated rings. The van der Waals surface area contributed by atoms with Crippen molar-refractivity contribution in [3.63, 3.8) is 0 Å². The van der Waals surface area contributed by atoms with Crippen molar-refractivity contribution >= 4 is 22.4 Å². The van der Waals surface area contributed by atoms with Crippen LogP contribution >= 0.6 is 0 Å². The maximum atomic E-state index is 12.5. The largest absolute Gasteiger partial charge is 0.322 e. The van der Waals surface area contributed by atoms with Crippen LogP contribution in [0.5, 0.6) is 0 Å². The number of hydrogen-bond donors (Lipinski definition) is 2. The average molecular weight is 325 g/mol. The van der Waals surface area contributed by atoms with E-state index in [1.54, 1.807) is 30.5 Å². The number of aromatic amines is 1. The highest BCUT2D eigenvalue weighted by Gasteiger charge is 2.15. The molecule has 0 spiro atoms. The summed E-state index contributed by atoms with van der Waals surface area (Å²) in [6.07, 6.45) is 3.10. The van der Waals surface area contributed by atoms with E-state index in [4.69, 9.17) is 0 Å². The van der Waals surface area contributed by atoms with Crippen LogP contribution in [-0.4, -0.2) is 26.6 Å². The molecule has 1 heterocycles. The number of amides is 1. The Balaban J connectivity index is 1.87. The lowest BCUT2D eigenvalue weighted by molar-refractivity contribution is 0.102. The van der Waals surface area contributed by atoms with Crippen LogP contribution in [0.2, 0.25) is 0 Å². The van der Waals surface area contributed by atoms with Gasteiger partial charge in [0.05, 0.1) is 17.5 Å². The fourth-order valence-corrected chi connectivity index (χ4v) is 2.80. The number of carbonyl (C=O) groups excluding carboxylic acids is 1.